The normalized spacial score (nSPS) is 12.5. The van der Waals surface area contributed by atoms with Crippen molar-refractivity contribution in [1.29, 1.82) is 0 Å². The number of hydrogen-bond donors (Lipinski definition) is 2. The summed E-state index contributed by atoms with van der Waals surface area (Å²) >= 11 is 3.42. The number of nitrogens with two attached hydrogens (primary N) is 1. The lowest BCUT2D eigenvalue weighted by Gasteiger charge is -2.08. The number of nitrogens with zero attached hydrogens (tertiary/aromatic N) is 1. The maximum atomic E-state index is 5.67. The van der Waals surface area contributed by atoms with Crippen LogP contribution in [0.15, 0.2) is 16.6 Å². The monoisotopic (exact) mass is 271 g/mol. The first kappa shape index (κ1) is 12.5. The van der Waals surface area contributed by atoms with Gasteiger partial charge < -0.3 is 11.1 Å². The van der Waals surface area contributed by atoms with Crippen molar-refractivity contribution in [3.05, 3.63) is 22.3 Å². The standard InChI is InChI=1S/C11H18BrN3/c1-8(13)4-3-7-14-11-6-5-10(12)9(2)15-11/h5-6,8H,3-4,7,13H2,1-2H3,(H,14,15). The summed E-state index contributed by atoms with van der Waals surface area (Å²) in [6.45, 7) is 4.94. The molecule has 1 atom stereocenters. The highest BCUT2D eigenvalue weighted by Gasteiger charge is 1.98. The predicted octanol–water partition coefficient (Wildman–Crippen LogP) is 2.69. The number of pyridine rings is 1. The Kier molecular flexibility index (Phi) is 5.05. The third kappa shape index (κ3) is 4.62. The van der Waals surface area contributed by atoms with Crippen molar-refractivity contribution in [2.45, 2.75) is 32.7 Å². The quantitative estimate of drug-likeness (QED) is 0.810. The Hall–Kier alpha value is -0.610. The van der Waals surface area contributed by atoms with Gasteiger partial charge in [0.15, 0.2) is 0 Å². The van der Waals surface area contributed by atoms with Gasteiger partial charge in [-0.1, -0.05) is 0 Å². The van der Waals surface area contributed by atoms with Crippen molar-refractivity contribution < 1.29 is 0 Å². The Labute approximate surface area is 99.6 Å². The Bertz CT molecular complexity index is 313. The molecule has 1 aromatic heterocycles. The summed E-state index contributed by atoms with van der Waals surface area (Å²) in [5, 5.41) is 3.28. The maximum Gasteiger partial charge on any atom is 0.126 e. The molecule has 0 aliphatic rings. The molecule has 0 bridgehead atoms. The minimum absolute atomic E-state index is 0.284. The van der Waals surface area contributed by atoms with Gasteiger partial charge in [-0.15, -0.1) is 0 Å². The SMILES string of the molecule is Cc1nc(NCCCC(C)N)ccc1Br. The van der Waals surface area contributed by atoms with Gasteiger partial charge in [-0.2, -0.15) is 0 Å². The van der Waals surface area contributed by atoms with Gasteiger partial charge >= 0.3 is 0 Å². The highest BCUT2D eigenvalue weighted by atomic mass is 79.9. The molecule has 0 amide bonds. The molecule has 0 aliphatic carbocycles. The summed E-state index contributed by atoms with van der Waals surface area (Å²) in [6, 6.07) is 4.27. The number of aryl methyl sites for hydroxylation is 1. The van der Waals surface area contributed by atoms with Crippen LogP contribution in [0.1, 0.15) is 25.5 Å². The average Bonchev–Trinajstić information content (AvgIpc) is 2.18. The Morgan fingerprint density at radius 2 is 2.27 bits per heavy atom. The van der Waals surface area contributed by atoms with Gasteiger partial charge in [0.1, 0.15) is 5.82 Å². The molecule has 3 nitrogen and oxygen atoms in total. The molecule has 0 aliphatic heterocycles. The highest BCUT2D eigenvalue weighted by Crippen LogP contribution is 2.16. The fraction of sp³-hybridized carbons (Fsp3) is 0.545. The lowest BCUT2D eigenvalue weighted by atomic mass is 10.2. The van der Waals surface area contributed by atoms with E-state index in [4.69, 9.17) is 5.73 Å². The van der Waals surface area contributed by atoms with Crippen LogP contribution in [-0.4, -0.2) is 17.6 Å². The second kappa shape index (κ2) is 6.08. The van der Waals surface area contributed by atoms with Gasteiger partial charge in [-0.05, 0) is 54.8 Å². The third-order valence-corrected chi connectivity index (χ3v) is 3.00. The van der Waals surface area contributed by atoms with Gasteiger partial charge in [-0.3, -0.25) is 0 Å². The summed E-state index contributed by atoms with van der Waals surface area (Å²) in [7, 11) is 0. The molecule has 1 aromatic rings. The van der Waals surface area contributed by atoms with Crippen LogP contribution < -0.4 is 11.1 Å². The van der Waals surface area contributed by atoms with Crippen LogP contribution in [0.5, 0.6) is 0 Å². The van der Waals surface area contributed by atoms with Gasteiger partial charge in [-0.25, -0.2) is 4.98 Å². The molecule has 0 aromatic carbocycles. The summed E-state index contributed by atoms with van der Waals surface area (Å²) in [6.07, 6.45) is 2.12. The van der Waals surface area contributed by atoms with E-state index in [-0.39, 0.29) is 6.04 Å². The number of halogens is 1. The first-order valence-electron chi connectivity index (χ1n) is 5.22. The van der Waals surface area contributed by atoms with Crippen molar-refractivity contribution in [1.82, 2.24) is 4.98 Å². The van der Waals surface area contributed by atoms with Crippen molar-refractivity contribution in [3.63, 3.8) is 0 Å². The molecule has 3 N–H and O–H groups in total. The van der Waals surface area contributed by atoms with Gasteiger partial charge in [0, 0.05) is 17.1 Å². The topological polar surface area (TPSA) is 50.9 Å². The van der Waals surface area contributed by atoms with Gasteiger partial charge in [0.05, 0.1) is 5.69 Å². The molecule has 15 heavy (non-hydrogen) atoms. The fourth-order valence-electron chi connectivity index (χ4n) is 1.28. The molecular weight excluding hydrogens is 254 g/mol. The summed E-state index contributed by atoms with van der Waals surface area (Å²) < 4.78 is 1.05. The van der Waals surface area contributed by atoms with E-state index in [1.165, 1.54) is 0 Å². The smallest absolute Gasteiger partial charge is 0.126 e. The van der Waals surface area contributed by atoms with E-state index < -0.39 is 0 Å². The maximum absolute atomic E-state index is 5.67. The largest absolute Gasteiger partial charge is 0.370 e. The van der Waals surface area contributed by atoms with E-state index in [1.54, 1.807) is 0 Å². The number of nitrogens with one attached hydrogen (secondary N) is 1. The minimum atomic E-state index is 0.284. The molecular formula is C11H18BrN3. The van der Waals surface area contributed by atoms with Gasteiger partial charge in [0.25, 0.3) is 0 Å². The molecule has 4 heteroatoms. The second-order valence-corrected chi connectivity index (χ2v) is 4.66. The Morgan fingerprint density at radius 3 is 2.87 bits per heavy atom. The van der Waals surface area contributed by atoms with Crippen LogP contribution in [-0.2, 0) is 0 Å². The number of hydrogen-bond acceptors (Lipinski definition) is 3. The van der Waals surface area contributed by atoms with E-state index in [9.17, 15) is 0 Å². The van der Waals surface area contributed by atoms with E-state index in [0.29, 0.717) is 0 Å². The van der Waals surface area contributed by atoms with E-state index in [2.05, 4.69) is 26.2 Å². The summed E-state index contributed by atoms with van der Waals surface area (Å²) in [5.41, 5.74) is 6.67. The molecule has 0 saturated heterocycles. The van der Waals surface area contributed by atoms with Crippen LogP contribution in [0.4, 0.5) is 5.82 Å². The molecule has 1 heterocycles. The number of rotatable bonds is 5. The van der Waals surface area contributed by atoms with Crippen LogP contribution in [0.25, 0.3) is 0 Å². The van der Waals surface area contributed by atoms with Crippen LogP contribution in [0.2, 0.25) is 0 Å². The van der Waals surface area contributed by atoms with E-state index in [1.807, 2.05) is 26.0 Å². The third-order valence-electron chi connectivity index (χ3n) is 2.16. The summed E-state index contributed by atoms with van der Waals surface area (Å²) in [5.74, 6) is 0.931. The van der Waals surface area contributed by atoms with Gasteiger partial charge in [0.2, 0.25) is 0 Å². The summed E-state index contributed by atoms with van der Waals surface area (Å²) in [4.78, 5) is 4.40. The molecule has 0 radical (unpaired) electrons. The zero-order chi connectivity index (χ0) is 11.3. The zero-order valence-electron chi connectivity index (χ0n) is 9.26. The molecule has 1 unspecified atom stereocenters. The molecule has 0 spiro atoms. The highest BCUT2D eigenvalue weighted by molar-refractivity contribution is 9.10. The molecule has 0 fully saturated rings. The van der Waals surface area contributed by atoms with Crippen LogP contribution in [0, 0.1) is 6.92 Å². The average molecular weight is 272 g/mol. The van der Waals surface area contributed by atoms with Crippen molar-refractivity contribution in [3.8, 4) is 0 Å². The molecule has 0 saturated carbocycles. The predicted molar refractivity (Wildman–Crippen MR) is 68.0 cm³/mol. The Morgan fingerprint density at radius 1 is 1.53 bits per heavy atom. The van der Waals surface area contributed by atoms with Crippen LogP contribution in [0.3, 0.4) is 0 Å². The van der Waals surface area contributed by atoms with Crippen molar-refractivity contribution >= 4 is 21.7 Å². The fourth-order valence-corrected chi connectivity index (χ4v) is 1.50. The second-order valence-electron chi connectivity index (χ2n) is 3.81. The van der Waals surface area contributed by atoms with E-state index >= 15 is 0 Å². The first-order chi connectivity index (χ1) is 7.09. The lowest BCUT2D eigenvalue weighted by molar-refractivity contribution is 0.639. The molecule has 1 rings (SSSR count). The molecule has 84 valence electrons. The zero-order valence-corrected chi connectivity index (χ0v) is 10.8. The van der Waals surface area contributed by atoms with Crippen molar-refractivity contribution in [2.24, 2.45) is 5.73 Å². The number of anilines is 1. The number of aromatic nitrogens is 1. The van der Waals surface area contributed by atoms with E-state index in [0.717, 1.165) is 35.4 Å². The Balaban J connectivity index is 2.35. The van der Waals surface area contributed by atoms with Crippen molar-refractivity contribution in [2.75, 3.05) is 11.9 Å². The lowest BCUT2D eigenvalue weighted by Crippen LogP contribution is -2.16. The minimum Gasteiger partial charge on any atom is -0.370 e. The van der Waals surface area contributed by atoms with Crippen LogP contribution >= 0.6 is 15.9 Å². The first-order valence-corrected chi connectivity index (χ1v) is 6.01.